The molecule has 0 fully saturated rings. The number of rotatable bonds is 5. The fourth-order valence-electron chi connectivity index (χ4n) is 1.37. The van der Waals surface area contributed by atoms with Crippen LogP contribution in [-0.4, -0.2) is 29.4 Å². The number of nitrogens with one attached hydrogen (secondary N) is 2. The van der Waals surface area contributed by atoms with Gasteiger partial charge in [-0.15, -0.1) is 0 Å². The van der Waals surface area contributed by atoms with Crippen molar-refractivity contribution in [1.29, 1.82) is 0 Å². The molecule has 19 heavy (non-hydrogen) atoms. The number of carbonyl (C=O) groups is 3. The van der Waals surface area contributed by atoms with Crippen LogP contribution in [0.5, 0.6) is 0 Å². The largest absolute Gasteiger partial charge is 0.478 e. The van der Waals surface area contributed by atoms with Crippen molar-refractivity contribution in [3.05, 3.63) is 28.2 Å². The van der Waals surface area contributed by atoms with Crippen LogP contribution in [0.2, 0.25) is 0 Å². The lowest BCUT2D eigenvalue weighted by atomic mass is 10.2. The molecule has 102 valence electrons. The minimum atomic E-state index is -1.12. The van der Waals surface area contributed by atoms with Crippen LogP contribution in [0.4, 0.5) is 5.69 Å². The molecule has 0 radical (unpaired) electrons. The molecular weight excluding hydrogens is 316 g/mol. The minimum absolute atomic E-state index is 0.0103. The zero-order valence-electron chi connectivity index (χ0n) is 10.2. The molecule has 0 saturated carbocycles. The topological polar surface area (TPSA) is 95.5 Å². The Morgan fingerprint density at radius 1 is 1.32 bits per heavy atom. The first kappa shape index (κ1) is 15.2. The van der Waals surface area contributed by atoms with Gasteiger partial charge in [0.05, 0.1) is 11.3 Å². The van der Waals surface area contributed by atoms with E-state index in [0.29, 0.717) is 4.47 Å². The molecule has 0 atom stereocenters. The van der Waals surface area contributed by atoms with Gasteiger partial charge in [0.1, 0.15) is 0 Å². The molecule has 2 amide bonds. The summed E-state index contributed by atoms with van der Waals surface area (Å²) < 4.78 is 0.662. The molecule has 1 rings (SSSR count). The van der Waals surface area contributed by atoms with Gasteiger partial charge < -0.3 is 15.7 Å². The van der Waals surface area contributed by atoms with Gasteiger partial charge in [-0.2, -0.15) is 0 Å². The van der Waals surface area contributed by atoms with Crippen LogP contribution in [0.25, 0.3) is 0 Å². The van der Waals surface area contributed by atoms with Crippen LogP contribution >= 0.6 is 15.9 Å². The Balaban J connectivity index is 2.70. The van der Waals surface area contributed by atoms with Crippen LogP contribution < -0.4 is 10.6 Å². The quantitative estimate of drug-likeness (QED) is 0.765. The van der Waals surface area contributed by atoms with Gasteiger partial charge in [0.25, 0.3) is 0 Å². The highest BCUT2D eigenvalue weighted by Gasteiger charge is 2.12. The van der Waals surface area contributed by atoms with Crippen molar-refractivity contribution in [2.75, 3.05) is 11.9 Å². The third-order valence-electron chi connectivity index (χ3n) is 2.21. The maximum Gasteiger partial charge on any atom is 0.337 e. The summed E-state index contributed by atoms with van der Waals surface area (Å²) in [6.07, 6.45) is 0.0746. The van der Waals surface area contributed by atoms with E-state index in [1.165, 1.54) is 19.1 Å². The van der Waals surface area contributed by atoms with E-state index in [9.17, 15) is 14.4 Å². The number of halogens is 1. The summed E-state index contributed by atoms with van der Waals surface area (Å²) in [7, 11) is 0. The molecule has 0 aliphatic carbocycles. The summed E-state index contributed by atoms with van der Waals surface area (Å²) in [5.41, 5.74) is 0.228. The van der Waals surface area contributed by atoms with E-state index in [1.54, 1.807) is 6.07 Å². The molecule has 0 saturated heterocycles. The van der Waals surface area contributed by atoms with Crippen molar-refractivity contribution in [2.45, 2.75) is 13.3 Å². The summed E-state index contributed by atoms with van der Waals surface area (Å²) in [6.45, 7) is 1.56. The highest BCUT2D eigenvalue weighted by atomic mass is 79.9. The van der Waals surface area contributed by atoms with Gasteiger partial charge in [-0.1, -0.05) is 15.9 Å². The molecule has 0 bridgehead atoms. The lowest BCUT2D eigenvalue weighted by Gasteiger charge is -2.09. The minimum Gasteiger partial charge on any atom is -0.478 e. The zero-order chi connectivity index (χ0) is 14.4. The lowest BCUT2D eigenvalue weighted by molar-refractivity contribution is -0.119. The van der Waals surface area contributed by atoms with Crippen LogP contribution in [0.3, 0.4) is 0 Å². The fraction of sp³-hybridized carbons (Fsp3) is 0.250. The second-order valence-electron chi connectivity index (χ2n) is 3.78. The van der Waals surface area contributed by atoms with Crippen molar-refractivity contribution in [1.82, 2.24) is 5.32 Å². The molecular formula is C12H13BrN2O4. The Bertz CT molecular complexity index is 516. The van der Waals surface area contributed by atoms with E-state index in [0.717, 1.165) is 0 Å². The molecule has 0 spiro atoms. The molecule has 1 aromatic carbocycles. The summed E-state index contributed by atoms with van der Waals surface area (Å²) in [6, 6.07) is 4.49. The first-order valence-electron chi connectivity index (χ1n) is 5.47. The Kier molecular flexibility index (Phi) is 5.50. The van der Waals surface area contributed by atoms with Crippen molar-refractivity contribution in [3.8, 4) is 0 Å². The summed E-state index contributed by atoms with van der Waals surface area (Å²) in [5.74, 6) is -1.71. The van der Waals surface area contributed by atoms with E-state index in [-0.39, 0.29) is 36.0 Å². The number of anilines is 1. The van der Waals surface area contributed by atoms with E-state index in [4.69, 9.17) is 5.11 Å². The number of amides is 2. The summed E-state index contributed by atoms with van der Waals surface area (Å²) in [5, 5.41) is 14.0. The predicted octanol–water partition coefficient (Wildman–Crippen LogP) is 1.61. The van der Waals surface area contributed by atoms with E-state index in [1.807, 2.05) is 0 Å². The predicted molar refractivity (Wildman–Crippen MR) is 73.0 cm³/mol. The highest BCUT2D eigenvalue weighted by Crippen LogP contribution is 2.21. The van der Waals surface area contributed by atoms with Gasteiger partial charge in [-0.25, -0.2) is 4.79 Å². The fourth-order valence-corrected chi connectivity index (χ4v) is 1.73. The second kappa shape index (κ2) is 6.89. The van der Waals surface area contributed by atoms with Crippen molar-refractivity contribution >= 4 is 39.4 Å². The molecule has 0 unspecified atom stereocenters. The van der Waals surface area contributed by atoms with Crippen molar-refractivity contribution in [2.24, 2.45) is 0 Å². The van der Waals surface area contributed by atoms with E-state index in [2.05, 4.69) is 26.6 Å². The monoisotopic (exact) mass is 328 g/mol. The van der Waals surface area contributed by atoms with Crippen LogP contribution in [-0.2, 0) is 9.59 Å². The third kappa shape index (κ3) is 5.09. The van der Waals surface area contributed by atoms with Gasteiger partial charge in [-0.05, 0) is 18.2 Å². The maximum atomic E-state index is 11.6. The zero-order valence-corrected chi connectivity index (χ0v) is 11.8. The van der Waals surface area contributed by atoms with Crippen LogP contribution in [0.15, 0.2) is 22.7 Å². The molecule has 0 aliphatic rings. The highest BCUT2D eigenvalue weighted by molar-refractivity contribution is 9.10. The average molecular weight is 329 g/mol. The van der Waals surface area contributed by atoms with Crippen LogP contribution in [0, 0.1) is 0 Å². The normalized spacial score (nSPS) is 9.79. The van der Waals surface area contributed by atoms with Crippen LogP contribution in [0.1, 0.15) is 23.7 Å². The molecule has 0 heterocycles. The number of aromatic carboxylic acids is 1. The Morgan fingerprint density at radius 3 is 2.58 bits per heavy atom. The molecule has 0 aromatic heterocycles. The van der Waals surface area contributed by atoms with E-state index >= 15 is 0 Å². The van der Waals surface area contributed by atoms with Crippen molar-refractivity contribution < 1.29 is 19.5 Å². The van der Waals surface area contributed by atoms with Gasteiger partial charge >= 0.3 is 5.97 Å². The second-order valence-corrected chi connectivity index (χ2v) is 4.69. The lowest BCUT2D eigenvalue weighted by Crippen LogP contribution is -2.25. The van der Waals surface area contributed by atoms with Gasteiger partial charge in [0, 0.05) is 24.4 Å². The standard InChI is InChI=1S/C12H13BrN2O4/c1-7(16)14-5-4-11(17)15-10-6-8(13)2-3-9(10)12(18)19/h2-3,6H,4-5H2,1H3,(H,14,16)(H,15,17)(H,18,19). The first-order chi connectivity index (χ1) is 8.90. The molecule has 6 nitrogen and oxygen atoms in total. The Hall–Kier alpha value is -1.89. The number of benzene rings is 1. The number of carbonyl (C=O) groups excluding carboxylic acids is 2. The first-order valence-corrected chi connectivity index (χ1v) is 6.26. The van der Waals surface area contributed by atoms with Gasteiger partial charge in [-0.3, -0.25) is 9.59 Å². The number of hydrogen-bond acceptors (Lipinski definition) is 3. The number of carboxylic acid groups (broad SMARTS) is 1. The SMILES string of the molecule is CC(=O)NCCC(=O)Nc1cc(Br)ccc1C(=O)O. The smallest absolute Gasteiger partial charge is 0.337 e. The summed E-state index contributed by atoms with van der Waals surface area (Å²) >= 11 is 3.21. The maximum absolute atomic E-state index is 11.6. The van der Waals surface area contributed by atoms with Crippen molar-refractivity contribution in [3.63, 3.8) is 0 Å². The Morgan fingerprint density at radius 2 is 2.00 bits per heavy atom. The number of hydrogen-bond donors (Lipinski definition) is 3. The molecule has 1 aromatic rings. The average Bonchev–Trinajstić information content (AvgIpc) is 2.27. The van der Waals surface area contributed by atoms with Gasteiger partial charge in [0.15, 0.2) is 0 Å². The number of carboxylic acids is 1. The van der Waals surface area contributed by atoms with E-state index < -0.39 is 5.97 Å². The molecule has 3 N–H and O–H groups in total. The molecule has 0 aliphatic heterocycles. The molecule has 7 heteroatoms. The summed E-state index contributed by atoms with van der Waals surface area (Å²) in [4.78, 5) is 33.2. The Labute approximate surface area is 118 Å². The van der Waals surface area contributed by atoms with Gasteiger partial charge in [0.2, 0.25) is 11.8 Å². The third-order valence-corrected chi connectivity index (χ3v) is 2.71.